The summed E-state index contributed by atoms with van der Waals surface area (Å²) in [5.74, 6) is -3.47. The van der Waals surface area contributed by atoms with Gasteiger partial charge in [0.2, 0.25) is 0 Å². The van der Waals surface area contributed by atoms with E-state index in [9.17, 15) is 23.5 Å². The fourth-order valence-corrected chi connectivity index (χ4v) is 4.33. The van der Waals surface area contributed by atoms with Gasteiger partial charge in [0.25, 0.3) is 11.7 Å². The van der Waals surface area contributed by atoms with Crippen LogP contribution in [0.4, 0.5) is 14.5 Å². The summed E-state index contributed by atoms with van der Waals surface area (Å²) in [6.45, 7) is 5.67. The molecule has 1 heterocycles. The zero-order valence-corrected chi connectivity index (χ0v) is 20.3. The van der Waals surface area contributed by atoms with Crippen molar-refractivity contribution in [3.63, 3.8) is 0 Å². The van der Waals surface area contributed by atoms with Crippen molar-refractivity contribution in [3.05, 3.63) is 94.1 Å². The number of amides is 1. The lowest BCUT2D eigenvalue weighted by Crippen LogP contribution is -2.30. The normalized spacial score (nSPS) is 16.9. The van der Waals surface area contributed by atoms with E-state index < -0.39 is 40.8 Å². The molecule has 1 fully saturated rings. The number of aliphatic hydroxyl groups is 1. The van der Waals surface area contributed by atoms with Crippen LogP contribution in [-0.4, -0.2) is 30.5 Å². The molecule has 1 saturated heterocycles. The van der Waals surface area contributed by atoms with Crippen LogP contribution in [0.5, 0.6) is 11.5 Å². The van der Waals surface area contributed by atoms with E-state index in [-0.39, 0.29) is 5.57 Å². The van der Waals surface area contributed by atoms with Crippen molar-refractivity contribution in [2.75, 3.05) is 18.6 Å². The zero-order chi connectivity index (χ0) is 26.1. The van der Waals surface area contributed by atoms with Crippen LogP contribution in [-0.2, 0) is 9.59 Å². The summed E-state index contributed by atoms with van der Waals surface area (Å²) < 4.78 is 40.0. The standard InChI is InChI=1S/C28H25F2NO5/c1-5-36-23-13-17(8-11-22(23)35-4)25-24(26(32)19-12-15(2)6-7-16(19)3)27(33)28(34)31(25)21-14-18(29)9-10-20(21)30/h6-14,25,32H,5H2,1-4H3/b26-24+. The lowest BCUT2D eigenvalue weighted by Gasteiger charge is -2.26. The van der Waals surface area contributed by atoms with E-state index >= 15 is 0 Å². The van der Waals surface area contributed by atoms with Crippen LogP contribution in [0.2, 0.25) is 0 Å². The van der Waals surface area contributed by atoms with Crippen molar-refractivity contribution in [2.45, 2.75) is 26.8 Å². The molecule has 1 aliphatic rings. The maximum Gasteiger partial charge on any atom is 0.300 e. The van der Waals surface area contributed by atoms with Gasteiger partial charge < -0.3 is 14.6 Å². The van der Waals surface area contributed by atoms with Crippen LogP contribution in [0.15, 0.2) is 60.2 Å². The topological polar surface area (TPSA) is 76.1 Å². The molecule has 0 aliphatic carbocycles. The first-order valence-electron chi connectivity index (χ1n) is 11.3. The average Bonchev–Trinajstić information content (AvgIpc) is 3.12. The Morgan fingerprint density at radius 1 is 1.00 bits per heavy atom. The molecule has 0 spiro atoms. The summed E-state index contributed by atoms with van der Waals surface area (Å²) >= 11 is 0. The van der Waals surface area contributed by atoms with Crippen molar-refractivity contribution in [2.24, 2.45) is 0 Å². The highest BCUT2D eigenvalue weighted by Gasteiger charge is 2.48. The molecule has 3 aromatic rings. The van der Waals surface area contributed by atoms with Crippen LogP contribution in [0, 0.1) is 25.5 Å². The number of nitrogens with zero attached hydrogens (tertiary/aromatic N) is 1. The number of carbonyl (C=O) groups excluding carboxylic acids is 2. The fourth-order valence-electron chi connectivity index (χ4n) is 4.33. The lowest BCUT2D eigenvalue weighted by atomic mass is 9.93. The smallest absolute Gasteiger partial charge is 0.300 e. The minimum absolute atomic E-state index is 0.245. The Bertz CT molecular complexity index is 1400. The highest BCUT2D eigenvalue weighted by molar-refractivity contribution is 6.51. The van der Waals surface area contributed by atoms with Crippen LogP contribution in [0.1, 0.15) is 35.2 Å². The number of rotatable bonds is 6. The molecule has 1 amide bonds. The molecule has 8 heteroatoms. The molecule has 0 aromatic heterocycles. The number of benzene rings is 3. The second kappa shape index (κ2) is 9.81. The van der Waals surface area contributed by atoms with Gasteiger partial charge in [-0.15, -0.1) is 0 Å². The van der Waals surface area contributed by atoms with Crippen LogP contribution < -0.4 is 14.4 Å². The number of methoxy groups -OCH3 is 1. The van der Waals surface area contributed by atoms with Gasteiger partial charge in [0.05, 0.1) is 31.0 Å². The van der Waals surface area contributed by atoms with Crippen molar-refractivity contribution in [1.82, 2.24) is 0 Å². The lowest BCUT2D eigenvalue weighted by molar-refractivity contribution is -0.132. The van der Waals surface area contributed by atoms with Gasteiger partial charge in [0, 0.05) is 11.6 Å². The van der Waals surface area contributed by atoms with E-state index in [1.54, 1.807) is 44.2 Å². The van der Waals surface area contributed by atoms with E-state index in [2.05, 4.69) is 0 Å². The third-order valence-corrected chi connectivity index (χ3v) is 6.06. The van der Waals surface area contributed by atoms with Gasteiger partial charge in [-0.2, -0.15) is 0 Å². The maximum atomic E-state index is 14.9. The Balaban J connectivity index is 2.03. The predicted octanol–water partition coefficient (Wildman–Crippen LogP) is 5.62. The van der Waals surface area contributed by atoms with E-state index in [1.165, 1.54) is 7.11 Å². The Labute approximate surface area is 207 Å². The summed E-state index contributed by atoms with van der Waals surface area (Å²) in [4.78, 5) is 27.5. The highest BCUT2D eigenvalue weighted by atomic mass is 19.1. The summed E-state index contributed by atoms with van der Waals surface area (Å²) in [6, 6.07) is 11.4. The molecule has 4 rings (SSSR count). The largest absolute Gasteiger partial charge is 0.507 e. The number of hydrogen-bond acceptors (Lipinski definition) is 5. The summed E-state index contributed by atoms with van der Waals surface area (Å²) in [5, 5.41) is 11.4. The third kappa shape index (κ3) is 4.30. The number of anilines is 1. The fraction of sp³-hybridized carbons (Fsp3) is 0.214. The van der Waals surface area contributed by atoms with E-state index in [0.29, 0.717) is 34.8 Å². The first kappa shape index (κ1) is 24.9. The van der Waals surface area contributed by atoms with Gasteiger partial charge in [-0.1, -0.05) is 23.8 Å². The van der Waals surface area contributed by atoms with E-state index in [1.807, 2.05) is 13.0 Å². The molecular weight excluding hydrogens is 468 g/mol. The molecule has 36 heavy (non-hydrogen) atoms. The third-order valence-electron chi connectivity index (χ3n) is 6.06. The second-order valence-electron chi connectivity index (χ2n) is 8.43. The molecule has 1 aliphatic heterocycles. The van der Waals surface area contributed by atoms with Gasteiger partial charge >= 0.3 is 0 Å². The van der Waals surface area contributed by atoms with Crippen molar-refractivity contribution in [1.29, 1.82) is 0 Å². The maximum absolute atomic E-state index is 14.9. The summed E-state index contributed by atoms with van der Waals surface area (Å²) in [5.41, 5.74) is 1.53. The number of hydrogen-bond donors (Lipinski definition) is 1. The van der Waals surface area contributed by atoms with Crippen molar-refractivity contribution < 1.29 is 33.0 Å². The number of halogens is 2. The number of aliphatic hydroxyl groups excluding tert-OH is 1. The van der Waals surface area contributed by atoms with Gasteiger partial charge in [-0.3, -0.25) is 14.5 Å². The Kier molecular flexibility index (Phi) is 6.79. The molecular formula is C28H25F2NO5. The Morgan fingerprint density at radius 2 is 1.75 bits per heavy atom. The second-order valence-corrected chi connectivity index (χ2v) is 8.43. The average molecular weight is 494 g/mol. The van der Waals surface area contributed by atoms with E-state index in [4.69, 9.17) is 9.47 Å². The zero-order valence-electron chi connectivity index (χ0n) is 20.3. The number of carbonyl (C=O) groups is 2. The molecule has 0 saturated carbocycles. The van der Waals surface area contributed by atoms with Gasteiger partial charge in [0.15, 0.2) is 11.5 Å². The van der Waals surface area contributed by atoms with Crippen molar-refractivity contribution in [3.8, 4) is 11.5 Å². The quantitative estimate of drug-likeness (QED) is 0.274. The predicted molar refractivity (Wildman–Crippen MR) is 131 cm³/mol. The van der Waals surface area contributed by atoms with Crippen LogP contribution >= 0.6 is 0 Å². The number of ether oxygens (including phenoxy) is 2. The van der Waals surface area contributed by atoms with E-state index in [0.717, 1.165) is 28.7 Å². The monoisotopic (exact) mass is 493 g/mol. The van der Waals surface area contributed by atoms with Gasteiger partial charge in [0.1, 0.15) is 17.4 Å². The minimum Gasteiger partial charge on any atom is -0.507 e. The molecule has 0 bridgehead atoms. The Hall–Kier alpha value is -4.20. The molecule has 6 nitrogen and oxygen atoms in total. The molecule has 0 radical (unpaired) electrons. The SMILES string of the molecule is CCOc1cc(C2/C(=C(\O)c3cc(C)ccc3C)C(=O)C(=O)N2c2cc(F)ccc2F)ccc1OC. The molecule has 1 unspecified atom stereocenters. The summed E-state index contributed by atoms with van der Waals surface area (Å²) in [6.07, 6.45) is 0. The van der Waals surface area contributed by atoms with Crippen LogP contribution in [0.25, 0.3) is 5.76 Å². The minimum atomic E-state index is -1.26. The first-order chi connectivity index (χ1) is 17.2. The summed E-state index contributed by atoms with van der Waals surface area (Å²) in [7, 11) is 1.46. The number of Topliss-reactive ketones (excluding diaryl/α,β-unsaturated/α-hetero) is 1. The van der Waals surface area contributed by atoms with Gasteiger partial charge in [-0.25, -0.2) is 8.78 Å². The van der Waals surface area contributed by atoms with Crippen LogP contribution in [0.3, 0.4) is 0 Å². The molecule has 186 valence electrons. The molecule has 1 N–H and O–H groups in total. The number of aryl methyl sites for hydroxylation is 2. The molecule has 1 atom stereocenters. The first-order valence-corrected chi connectivity index (χ1v) is 11.3. The molecule has 3 aromatic carbocycles. The van der Waals surface area contributed by atoms with Crippen molar-refractivity contribution >= 4 is 23.1 Å². The van der Waals surface area contributed by atoms with Gasteiger partial charge in [-0.05, 0) is 62.2 Å². The highest BCUT2D eigenvalue weighted by Crippen LogP contribution is 2.45. The Morgan fingerprint density at radius 3 is 2.44 bits per heavy atom. The number of ketones is 1.